The summed E-state index contributed by atoms with van der Waals surface area (Å²) in [6.45, 7) is 2.21. The van der Waals surface area contributed by atoms with Crippen LogP contribution in [0.1, 0.15) is 56.5 Å². The number of amides is 3. The van der Waals surface area contributed by atoms with Gasteiger partial charge in [0.2, 0.25) is 5.91 Å². The Balaban J connectivity index is 1.43. The van der Waals surface area contributed by atoms with Crippen molar-refractivity contribution in [1.82, 2.24) is 4.90 Å². The highest BCUT2D eigenvalue weighted by Gasteiger charge is 2.35. The third kappa shape index (κ3) is 3.10. The lowest BCUT2D eigenvalue weighted by Crippen LogP contribution is -2.32. The normalized spacial score (nSPS) is 17.9. The minimum atomic E-state index is -0.369. The highest BCUT2D eigenvalue weighted by Crippen LogP contribution is 2.39. The first-order valence-electron chi connectivity index (χ1n) is 9.29. The van der Waals surface area contributed by atoms with Gasteiger partial charge < -0.3 is 5.32 Å². The second-order valence-electron chi connectivity index (χ2n) is 7.27. The van der Waals surface area contributed by atoms with Crippen LogP contribution in [0.4, 0.5) is 5.00 Å². The Labute approximate surface area is 166 Å². The van der Waals surface area contributed by atoms with E-state index < -0.39 is 0 Å². The number of carbonyl (C=O) groups excluding carboxylic acids is 3. The maximum atomic E-state index is 12.4. The van der Waals surface area contributed by atoms with Crippen LogP contribution in [0.2, 0.25) is 0 Å². The number of nitrogens with one attached hydrogen (secondary N) is 1. The maximum Gasteiger partial charge on any atom is 0.261 e. The second kappa shape index (κ2) is 7.21. The molecule has 6 nitrogen and oxygen atoms in total. The van der Waals surface area contributed by atoms with Gasteiger partial charge in [0.15, 0.2) is 0 Å². The summed E-state index contributed by atoms with van der Waals surface area (Å²) in [5.41, 5.74) is 2.36. The first-order chi connectivity index (χ1) is 13.5. The molecule has 4 rings (SSSR count). The Morgan fingerprint density at radius 1 is 1.29 bits per heavy atom. The van der Waals surface area contributed by atoms with Gasteiger partial charge in [-0.3, -0.25) is 19.3 Å². The van der Waals surface area contributed by atoms with Crippen LogP contribution >= 0.6 is 11.3 Å². The van der Waals surface area contributed by atoms with Crippen LogP contribution in [-0.2, 0) is 17.6 Å². The van der Waals surface area contributed by atoms with Crippen LogP contribution in [-0.4, -0.2) is 29.2 Å². The van der Waals surface area contributed by atoms with Crippen molar-refractivity contribution in [3.63, 3.8) is 0 Å². The fourth-order valence-corrected chi connectivity index (χ4v) is 5.18. The molecular formula is C21H19N3O3S. The molecule has 1 aromatic carbocycles. The fraction of sp³-hybridized carbons (Fsp3) is 0.333. The average Bonchev–Trinajstić information content (AvgIpc) is 3.14. The van der Waals surface area contributed by atoms with E-state index in [1.54, 1.807) is 24.3 Å². The molecular weight excluding hydrogens is 374 g/mol. The SMILES string of the molecule is CC1CCc2c(sc(NC(=O)CCN3C(=O)c4ccccc4C3=O)c2C#N)C1. The molecule has 0 bridgehead atoms. The Kier molecular flexibility index (Phi) is 4.73. The zero-order valence-electron chi connectivity index (χ0n) is 15.4. The predicted molar refractivity (Wildman–Crippen MR) is 105 cm³/mol. The van der Waals surface area contributed by atoms with Gasteiger partial charge in [-0.1, -0.05) is 19.1 Å². The Bertz CT molecular complexity index is 999. The number of hydrogen-bond donors (Lipinski definition) is 1. The number of benzene rings is 1. The summed E-state index contributed by atoms with van der Waals surface area (Å²) in [5.74, 6) is -0.465. The van der Waals surface area contributed by atoms with Gasteiger partial charge in [-0.25, -0.2) is 0 Å². The van der Waals surface area contributed by atoms with Gasteiger partial charge in [0.1, 0.15) is 11.1 Å². The van der Waals surface area contributed by atoms with Gasteiger partial charge in [0, 0.05) is 17.8 Å². The van der Waals surface area contributed by atoms with Crippen molar-refractivity contribution in [3.05, 3.63) is 51.4 Å². The Hall–Kier alpha value is -2.98. The van der Waals surface area contributed by atoms with Gasteiger partial charge >= 0.3 is 0 Å². The molecule has 0 saturated carbocycles. The summed E-state index contributed by atoms with van der Waals surface area (Å²) in [6, 6.07) is 8.88. The van der Waals surface area contributed by atoms with Crippen molar-refractivity contribution in [3.8, 4) is 6.07 Å². The first kappa shape index (κ1) is 18.4. The lowest BCUT2D eigenvalue weighted by atomic mass is 9.89. The third-order valence-electron chi connectivity index (χ3n) is 5.32. The van der Waals surface area contributed by atoms with Crippen LogP contribution < -0.4 is 5.32 Å². The smallest absolute Gasteiger partial charge is 0.261 e. The Morgan fingerprint density at radius 2 is 1.96 bits per heavy atom. The largest absolute Gasteiger partial charge is 0.317 e. The number of anilines is 1. The first-order valence-corrected chi connectivity index (χ1v) is 10.1. The summed E-state index contributed by atoms with van der Waals surface area (Å²) in [6.07, 6.45) is 2.83. The standard InChI is InChI=1S/C21H19N3O3S/c1-12-6-7-13-16(11-22)19(28-17(13)10-12)23-18(25)8-9-24-20(26)14-4-2-3-5-15(14)21(24)27/h2-5,12H,6-10H2,1H3,(H,23,25). The summed E-state index contributed by atoms with van der Waals surface area (Å²) >= 11 is 1.47. The molecule has 1 unspecified atom stereocenters. The van der Waals surface area contributed by atoms with E-state index in [2.05, 4.69) is 18.3 Å². The van der Waals surface area contributed by atoms with Crippen LogP contribution in [0.3, 0.4) is 0 Å². The molecule has 2 aliphatic rings. The summed E-state index contributed by atoms with van der Waals surface area (Å²) in [5, 5.41) is 12.9. The highest BCUT2D eigenvalue weighted by molar-refractivity contribution is 7.16. The topological polar surface area (TPSA) is 90.3 Å². The van der Waals surface area contributed by atoms with Crippen molar-refractivity contribution in [2.75, 3.05) is 11.9 Å². The van der Waals surface area contributed by atoms with Crippen LogP contribution in [0.15, 0.2) is 24.3 Å². The number of imide groups is 1. The van der Waals surface area contributed by atoms with E-state index in [4.69, 9.17) is 0 Å². The summed E-state index contributed by atoms with van der Waals surface area (Å²) in [4.78, 5) is 39.5. The van der Waals surface area contributed by atoms with E-state index >= 15 is 0 Å². The van der Waals surface area contributed by atoms with E-state index in [9.17, 15) is 19.6 Å². The van der Waals surface area contributed by atoms with Crippen molar-refractivity contribution in [1.29, 1.82) is 5.26 Å². The quantitative estimate of drug-likeness (QED) is 0.807. The van der Waals surface area contributed by atoms with Gasteiger partial charge in [0.05, 0.1) is 16.7 Å². The molecule has 1 N–H and O–H groups in total. The average molecular weight is 393 g/mol. The lowest BCUT2D eigenvalue weighted by Gasteiger charge is -2.17. The summed E-state index contributed by atoms with van der Waals surface area (Å²) < 4.78 is 0. The van der Waals surface area contributed by atoms with Crippen molar-refractivity contribution in [2.45, 2.75) is 32.6 Å². The number of thiophene rings is 1. The molecule has 2 heterocycles. The molecule has 7 heteroatoms. The zero-order chi connectivity index (χ0) is 19.8. The monoisotopic (exact) mass is 393 g/mol. The molecule has 28 heavy (non-hydrogen) atoms. The van der Waals surface area contributed by atoms with Gasteiger partial charge in [-0.05, 0) is 42.9 Å². The molecule has 1 aliphatic carbocycles. The van der Waals surface area contributed by atoms with E-state index in [1.807, 2.05) is 0 Å². The van der Waals surface area contributed by atoms with Crippen LogP contribution in [0.25, 0.3) is 0 Å². The summed E-state index contributed by atoms with van der Waals surface area (Å²) in [7, 11) is 0. The van der Waals surface area contributed by atoms with Crippen molar-refractivity contribution in [2.24, 2.45) is 5.92 Å². The van der Waals surface area contributed by atoms with Gasteiger partial charge in [0.25, 0.3) is 11.8 Å². The zero-order valence-corrected chi connectivity index (χ0v) is 16.3. The lowest BCUT2D eigenvalue weighted by molar-refractivity contribution is -0.116. The number of fused-ring (bicyclic) bond motifs is 2. The van der Waals surface area contributed by atoms with Crippen molar-refractivity contribution < 1.29 is 14.4 Å². The molecule has 142 valence electrons. The number of rotatable bonds is 4. The van der Waals surface area contributed by atoms with E-state index in [-0.39, 0.29) is 30.7 Å². The van der Waals surface area contributed by atoms with E-state index in [1.165, 1.54) is 16.2 Å². The third-order valence-corrected chi connectivity index (χ3v) is 6.49. The number of carbonyl (C=O) groups is 3. The van der Waals surface area contributed by atoms with Gasteiger partial charge in [-0.15, -0.1) is 11.3 Å². The fourth-order valence-electron chi connectivity index (χ4n) is 3.80. The highest BCUT2D eigenvalue weighted by atomic mass is 32.1. The van der Waals surface area contributed by atoms with E-state index in [0.717, 1.165) is 29.7 Å². The maximum absolute atomic E-state index is 12.4. The number of hydrogen-bond acceptors (Lipinski definition) is 5. The second-order valence-corrected chi connectivity index (χ2v) is 8.38. The molecule has 1 atom stereocenters. The molecule has 0 spiro atoms. The minimum Gasteiger partial charge on any atom is -0.317 e. The Morgan fingerprint density at radius 3 is 2.61 bits per heavy atom. The molecule has 2 aromatic rings. The predicted octanol–water partition coefficient (Wildman–Crippen LogP) is 3.37. The van der Waals surface area contributed by atoms with Crippen molar-refractivity contribution >= 4 is 34.1 Å². The van der Waals surface area contributed by atoms with Gasteiger partial charge in [-0.2, -0.15) is 5.26 Å². The number of nitriles is 1. The van der Waals surface area contributed by atoms with Crippen LogP contribution in [0, 0.1) is 17.2 Å². The minimum absolute atomic E-state index is 0.00466. The number of nitrogens with zero attached hydrogens (tertiary/aromatic N) is 2. The molecule has 3 amide bonds. The molecule has 1 aromatic heterocycles. The van der Waals surface area contributed by atoms with Crippen LogP contribution in [0.5, 0.6) is 0 Å². The molecule has 1 aliphatic heterocycles. The molecule has 0 saturated heterocycles. The molecule has 0 fully saturated rings. The van der Waals surface area contributed by atoms with E-state index in [0.29, 0.717) is 27.6 Å². The molecule has 0 radical (unpaired) electrons.